The fraction of sp³-hybridized carbons (Fsp3) is 0.381. The van der Waals surface area contributed by atoms with E-state index in [-0.39, 0.29) is 5.41 Å². The molecule has 1 aliphatic rings. The van der Waals surface area contributed by atoms with E-state index in [2.05, 4.69) is 59.9 Å². The van der Waals surface area contributed by atoms with Gasteiger partial charge in [-0.3, -0.25) is 4.90 Å². The van der Waals surface area contributed by atoms with Crippen LogP contribution in [0, 0.1) is 0 Å². The first-order valence-electron chi connectivity index (χ1n) is 9.06. The van der Waals surface area contributed by atoms with Gasteiger partial charge < -0.3 is 0 Å². The molecule has 134 valence electrons. The highest BCUT2D eigenvalue weighted by molar-refractivity contribution is 7.10. The highest BCUT2D eigenvalue weighted by atomic mass is 32.1. The van der Waals surface area contributed by atoms with E-state index < -0.39 is 0 Å². The number of hydrogen-bond acceptors (Lipinski definition) is 5. The minimum absolute atomic E-state index is 0.000608. The Kier molecular flexibility index (Phi) is 4.59. The fourth-order valence-electron chi connectivity index (χ4n) is 3.29. The normalized spacial score (nSPS) is 15.0. The summed E-state index contributed by atoms with van der Waals surface area (Å²) in [5, 5.41) is 0. The third-order valence-electron chi connectivity index (χ3n) is 4.74. The molecule has 0 spiro atoms. The maximum atomic E-state index is 4.83. The Labute approximate surface area is 159 Å². The van der Waals surface area contributed by atoms with Gasteiger partial charge >= 0.3 is 0 Å². The molecule has 2 aromatic heterocycles. The summed E-state index contributed by atoms with van der Waals surface area (Å²) in [4.78, 5) is 17.8. The van der Waals surface area contributed by atoms with Crippen molar-refractivity contribution in [3.63, 3.8) is 0 Å². The van der Waals surface area contributed by atoms with Crippen LogP contribution in [0.5, 0.6) is 0 Å². The summed E-state index contributed by atoms with van der Waals surface area (Å²) in [6, 6.07) is 10.4. The first-order chi connectivity index (χ1) is 12.5. The van der Waals surface area contributed by atoms with Crippen molar-refractivity contribution in [3.8, 4) is 11.3 Å². The van der Waals surface area contributed by atoms with Crippen molar-refractivity contribution < 1.29 is 0 Å². The van der Waals surface area contributed by atoms with Gasteiger partial charge in [0.25, 0.3) is 0 Å². The molecule has 0 aliphatic carbocycles. The lowest BCUT2D eigenvalue weighted by atomic mass is 9.95. The lowest BCUT2D eigenvalue weighted by molar-refractivity contribution is 0.244. The van der Waals surface area contributed by atoms with Crippen molar-refractivity contribution in [1.29, 1.82) is 0 Å². The lowest BCUT2D eigenvalue weighted by Gasteiger charge is -2.29. The molecule has 4 rings (SSSR count). The number of thiazole rings is 1. The average molecular weight is 365 g/mol. The second-order valence-electron chi connectivity index (χ2n) is 7.87. The molecular formula is C21H24N4S. The van der Waals surface area contributed by atoms with E-state index in [1.807, 2.05) is 17.8 Å². The highest BCUT2D eigenvalue weighted by Crippen LogP contribution is 2.29. The molecule has 1 aliphatic heterocycles. The third-order valence-corrected chi connectivity index (χ3v) is 5.56. The molecule has 0 unspecified atom stereocenters. The van der Waals surface area contributed by atoms with Gasteiger partial charge in [0.2, 0.25) is 0 Å². The minimum Gasteiger partial charge on any atom is -0.293 e. The molecule has 4 nitrogen and oxygen atoms in total. The maximum absolute atomic E-state index is 4.83. The van der Waals surface area contributed by atoms with Gasteiger partial charge in [0.05, 0.1) is 11.2 Å². The van der Waals surface area contributed by atoms with Gasteiger partial charge in [0, 0.05) is 59.4 Å². The number of fused-ring (bicyclic) bond motifs is 1. The number of benzene rings is 1. The Bertz CT molecular complexity index is 896. The maximum Gasteiger partial charge on any atom is 0.133 e. The summed E-state index contributed by atoms with van der Waals surface area (Å²) >= 11 is 1.74. The number of aromatic nitrogens is 3. The number of rotatable bonds is 3. The van der Waals surface area contributed by atoms with E-state index in [4.69, 9.17) is 4.98 Å². The summed E-state index contributed by atoms with van der Waals surface area (Å²) in [7, 11) is 0. The zero-order valence-electron chi connectivity index (χ0n) is 15.6. The summed E-state index contributed by atoms with van der Waals surface area (Å²) in [6.45, 7) is 9.36. The second-order valence-corrected chi connectivity index (χ2v) is 8.81. The van der Waals surface area contributed by atoms with Crippen molar-refractivity contribution in [2.24, 2.45) is 0 Å². The molecular weight excluding hydrogens is 340 g/mol. The van der Waals surface area contributed by atoms with Crippen LogP contribution in [0.3, 0.4) is 0 Å². The van der Waals surface area contributed by atoms with Crippen molar-refractivity contribution in [3.05, 3.63) is 64.0 Å². The van der Waals surface area contributed by atoms with Gasteiger partial charge in [0.15, 0.2) is 0 Å². The van der Waals surface area contributed by atoms with Crippen LogP contribution in [0.1, 0.15) is 42.7 Å². The van der Waals surface area contributed by atoms with E-state index in [1.165, 1.54) is 21.7 Å². The lowest BCUT2D eigenvalue weighted by Crippen LogP contribution is -2.31. The van der Waals surface area contributed by atoms with Crippen LogP contribution in [0.15, 0.2) is 42.0 Å². The Morgan fingerprint density at radius 2 is 1.92 bits per heavy atom. The van der Waals surface area contributed by atoms with Crippen LogP contribution >= 0.6 is 11.3 Å². The van der Waals surface area contributed by atoms with Gasteiger partial charge in [-0.2, -0.15) is 0 Å². The Morgan fingerprint density at radius 3 is 2.69 bits per heavy atom. The molecule has 0 fully saturated rings. The first-order valence-corrected chi connectivity index (χ1v) is 9.94. The molecule has 3 aromatic rings. The van der Waals surface area contributed by atoms with Crippen LogP contribution in [0.25, 0.3) is 11.3 Å². The molecule has 1 aromatic carbocycles. The van der Waals surface area contributed by atoms with Gasteiger partial charge in [-0.15, -0.1) is 11.3 Å². The van der Waals surface area contributed by atoms with E-state index in [9.17, 15) is 0 Å². The van der Waals surface area contributed by atoms with E-state index in [1.54, 1.807) is 11.3 Å². The molecule has 0 saturated carbocycles. The summed E-state index contributed by atoms with van der Waals surface area (Å²) in [5.41, 5.74) is 6.73. The first kappa shape index (κ1) is 17.3. The summed E-state index contributed by atoms with van der Waals surface area (Å²) in [6.07, 6.45) is 3.01. The minimum atomic E-state index is -0.000608. The molecule has 5 heteroatoms. The molecule has 0 bridgehead atoms. The standard InChI is InChI=1S/C21H24N4S/c1-21(2,3)20-22-11-16-12-25(10-9-17(16)24-20)13-18-19(23-14-26-18)15-7-5-4-6-8-15/h4-8,11,14H,9-10,12-13H2,1-3H3. The smallest absolute Gasteiger partial charge is 0.133 e. The zero-order valence-corrected chi connectivity index (χ0v) is 16.4. The third kappa shape index (κ3) is 3.55. The fourth-order valence-corrected chi connectivity index (χ4v) is 4.11. The molecule has 26 heavy (non-hydrogen) atoms. The van der Waals surface area contributed by atoms with Crippen molar-refractivity contribution in [1.82, 2.24) is 19.9 Å². The van der Waals surface area contributed by atoms with Crippen molar-refractivity contribution in [2.75, 3.05) is 6.54 Å². The Morgan fingerprint density at radius 1 is 1.12 bits per heavy atom. The topological polar surface area (TPSA) is 41.9 Å². The second kappa shape index (κ2) is 6.89. The quantitative estimate of drug-likeness (QED) is 0.688. The van der Waals surface area contributed by atoms with Crippen molar-refractivity contribution >= 4 is 11.3 Å². The van der Waals surface area contributed by atoms with E-state index >= 15 is 0 Å². The molecule has 0 amide bonds. The zero-order chi connectivity index (χ0) is 18.1. The van der Waals surface area contributed by atoms with Crippen LogP contribution < -0.4 is 0 Å². The summed E-state index contributed by atoms with van der Waals surface area (Å²) in [5.74, 6) is 0.943. The predicted octanol–water partition coefficient (Wildman–Crippen LogP) is 4.46. The predicted molar refractivity (Wildman–Crippen MR) is 106 cm³/mol. The largest absolute Gasteiger partial charge is 0.293 e. The summed E-state index contributed by atoms with van der Waals surface area (Å²) < 4.78 is 0. The number of hydrogen-bond donors (Lipinski definition) is 0. The van der Waals surface area contributed by atoms with E-state index in [0.717, 1.165) is 37.6 Å². The molecule has 0 radical (unpaired) electrons. The molecule has 3 heterocycles. The van der Waals surface area contributed by atoms with Crippen LogP contribution in [-0.4, -0.2) is 26.4 Å². The Hall–Kier alpha value is -2.11. The van der Waals surface area contributed by atoms with E-state index in [0.29, 0.717) is 0 Å². The van der Waals surface area contributed by atoms with Crippen LogP contribution in [-0.2, 0) is 24.9 Å². The van der Waals surface area contributed by atoms with Gasteiger partial charge in [0.1, 0.15) is 5.82 Å². The van der Waals surface area contributed by atoms with Crippen molar-refractivity contribution in [2.45, 2.75) is 45.7 Å². The van der Waals surface area contributed by atoms with Gasteiger partial charge in [-0.1, -0.05) is 51.1 Å². The molecule has 0 atom stereocenters. The highest BCUT2D eigenvalue weighted by Gasteiger charge is 2.23. The average Bonchev–Trinajstić information content (AvgIpc) is 3.09. The van der Waals surface area contributed by atoms with Crippen LogP contribution in [0.2, 0.25) is 0 Å². The molecule has 0 N–H and O–H groups in total. The number of nitrogens with zero attached hydrogens (tertiary/aromatic N) is 4. The Balaban J connectivity index is 1.52. The SMILES string of the molecule is CC(C)(C)c1ncc2c(n1)CCN(Cc1scnc1-c1ccccc1)C2. The van der Waals surface area contributed by atoms with Crippen LogP contribution in [0.4, 0.5) is 0 Å². The monoisotopic (exact) mass is 364 g/mol. The van der Waals surface area contributed by atoms with Gasteiger partial charge in [-0.05, 0) is 0 Å². The molecule has 0 saturated heterocycles. The van der Waals surface area contributed by atoms with Gasteiger partial charge in [-0.25, -0.2) is 15.0 Å².